The van der Waals surface area contributed by atoms with Gasteiger partial charge in [-0.25, -0.2) is 35.2 Å². The smallest absolute Gasteiger partial charge is 0.339 e. The number of carboxylic acids is 1. The third kappa shape index (κ3) is 6.65. The minimum absolute atomic E-state index is 0.0295. The quantitative estimate of drug-likeness (QED) is 0.158. The molecule has 0 unspecified atom stereocenters. The van der Waals surface area contributed by atoms with E-state index < -0.39 is 79.8 Å². The topological polar surface area (TPSA) is 135 Å². The number of benzene rings is 3. The van der Waals surface area contributed by atoms with Crippen molar-refractivity contribution in [3.63, 3.8) is 0 Å². The van der Waals surface area contributed by atoms with Crippen molar-refractivity contribution in [1.29, 1.82) is 0 Å². The molecule has 0 bridgehead atoms. The number of nitrogens with zero attached hydrogens (tertiary/aromatic N) is 2. The molecule has 1 saturated carbocycles. The number of aromatic carboxylic acids is 1. The number of halogens is 5. The molecule has 9 nitrogen and oxygen atoms in total. The summed E-state index contributed by atoms with van der Waals surface area (Å²) in [5, 5.41) is 29.7. The second kappa shape index (κ2) is 13.5. The Morgan fingerprint density at radius 3 is 1.96 bits per heavy atom. The minimum Gasteiger partial charge on any atom is -0.507 e. The van der Waals surface area contributed by atoms with Crippen molar-refractivity contribution in [3.05, 3.63) is 88.2 Å². The van der Waals surface area contributed by atoms with Crippen LogP contribution in [0.2, 0.25) is 0 Å². The molecule has 3 aromatic carbocycles. The van der Waals surface area contributed by atoms with Gasteiger partial charge in [-0.05, 0) is 42.0 Å². The predicted molar refractivity (Wildman–Crippen MR) is 151 cm³/mol. The number of carbonyl (C=O) groups excluding carboxylic acids is 1. The van der Waals surface area contributed by atoms with E-state index in [2.05, 4.69) is 0 Å². The Labute approximate surface area is 255 Å². The number of aliphatic hydroxyl groups is 1. The lowest BCUT2D eigenvalue weighted by Gasteiger charge is -2.31. The van der Waals surface area contributed by atoms with E-state index in [9.17, 15) is 55.3 Å². The Bertz CT molecular complexity index is 1690. The van der Waals surface area contributed by atoms with Crippen molar-refractivity contribution in [2.24, 2.45) is 0 Å². The van der Waals surface area contributed by atoms with Crippen LogP contribution in [0, 0.1) is 29.1 Å². The normalized spacial score (nSPS) is 14.8. The van der Waals surface area contributed by atoms with E-state index in [4.69, 9.17) is 0 Å². The van der Waals surface area contributed by atoms with E-state index in [1.165, 1.54) is 0 Å². The highest BCUT2D eigenvalue weighted by atomic mass is 32.2. The second-order valence-corrected chi connectivity index (χ2v) is 12.6. The molecule has 0 radical (unpaired) electrons. The number of likely N-dealkylation sites (N-methyl/N-ethyl adjacent to an activating group) is 1. The second-order valence-electron chi connectivity index (χ2n) is 10.6. The molecule has 242 valence electrons. The van der Waals surface area contributed by atoms with Gasteiger partial charge >= 0.3 is 5.97 Å². The van der Waals surface area contributed by atoms with Gasteiger partial charge in [-0.3, -0.25) is 4.79 Å². The van der Waals surface area contributed by atoms with Crippen LogP contribution in [0.15, 0.2) is 47.4 Å². The lowest BCUT2D eigenvalue weighted by Crippen LogP contribution is -2.51. The number of hydrogen-bond acceptors (Lipinski definition) is 6. The van der Waals surface area contributed by atoms with Gasteiger partial charge in [-0.1, -0.05) is 43.5 Å². The molecular weight excluding hydrogens is 627 g/mol. The summed E-state index contributed by atoms with van der Waals surface area (Å²) < 4.78 is 96.6. The number of carbonyl (C=O) groups is 2. The molecule has 1 atom stereocenters. The number of anilines is 1. The van der Waals surface area contributed by atoms with Gasteiger partial charge in [0, 0.05) is 18.8 Å². The third-order valence-electron chi connectivity index (χ3n) is 7.89. The van der Waals surface area contributed by atoms with Crippen molar-refractivity contribution >= 4 is 27.6 Å². The highest BCUT2D eigenvalue weighted by Crippen LogP contribution is 2.34. The first kappa shape index (κ1) is 33.8. The number of aromatic hydroxyl groups is 1. The SMILES string of the molecule is CN([C@H](CO)C(=O)N(Cc1ccc(C2CCCCC2)cc1)c1ccc(C(=O)O)c(O)c1)S(=O)(=O)c1c(F)c(F)c(F)c(F)c1F. The summed E-state index contributed by atoms with van der Waals surface area (Å²) in [5.74, 6) is -16.1. The summed E-state index contributed by atoms with van der Waals surface area (Å²) in [7, 11) is -5.04. The van der Waals surface area contributed by atoms with Gasteiger partial charge in [0.25, 0.3) is 0 Å². The van der Waals surface area contributed by atoms with Crippen molar-refractivity contribution < 1.29 is 55.3 Å². The molecule has 4 rings (SSSR count). The maximum Gasteiger partial charge on any atom is 0.339 e. The number of amides is 1. The monoisotopic (exact) mass is 656 g/mol. The fourth-order valence-corrected chi connectivity index (χ4v) is 6.74. The molecule has 1 amide bonds. The average Bonchev–Trinajstić information content (AvgIpc) is 3.02. The van der Waals surface area contributed by atoms with Crippen LogP contribution >= 0.6 is 0 Å². The first-order valence-electron chi connectivity index (χ1n) is 13.8. The van der Waals surface area contributed by atoms with Crippen molar-refractivity contribution in [3.8, 4) is 5.75 Å². The number of rotatable bonds is 10. The number of carboxylic acid groups (broad SMARTS) is 1. The summed E-state index contributed by atoms with van der Waals surface area (Å²) in [6, 6.07) is 7.98. The standard InChI is InChI=1S/C30H29F5N2O7S/c1-36(45(43,44)28-26(34)24(32)23(31)25(33)27(28)35)21(15-38)29(40)37(19-11-12-20(30(41)42)22(39)13-19)14-16-7-9-18(10-8-16)17-5-3-2-4-6-17/h7-13,17,21,38-39H,2-6,14-15H2,1H3,(H,41,42)/t21-/m1/s1. The Hall–Kier alpha value is -4.08. The Balaban J connectivity index is 1.74. The van der Waals surface area contributed by atoms with Crippen LogP contribution < -0.4 is 4.90 Å². The average molecular weight is 657 g/mol. The van der Waals surface area contributed by atoms with Crippen LogP contribution in [0.3, 0.4) is 0 Å². The molecule has 0 aromatic heterocycles. The summed E-state index contributed by atoms with van der Waals surface area (Å²) >= 11 is 0. The van der Waals surface area contributed by atoms with E-state index in [1.54, 1.807) is 12.1 Å². The molecule has 45 heavy (non-hydrogen) atoms. The summed E-state index contributed by atoms with van der Waals surface area (Å²) in [6.45, 7) is -1.62. The minimum atomic E-state index is -5.65. The Morgan fingerprint density at radius 2 is 1.44 bits per heavy atom. The van der Waals surface area contributed by atoms with Crippen LogP contribution in [0.1, 0.15) is 59.5 Å². The fraction of sp³-hybridized carbons (Fsp3) is 0.333. The maximum atomic E-state index is 14.5. The molecule has 3 N–H and O–H groups in total. The van der Waals surface area contributed by atoms with Gasteiger partial charge in [0.2, 0.25) is 21.7 Å². The molecule has 3 aromatic rings. The zero-order chi connectivity index (χ0) is 33.2. The molecule has 0 aliphatic heterocycles. The number of sulfonamides is 1. The Kier molecular flexibility index (Phi) is 10.1. The fourth-order valence-electron chi connectivity index (χ4n) is 5.33. The number of hydrogen-bond donors (Lipinski definition) is 3. The summed E-state index contributed by atoms with van der Waals surface area (Å²) in [5.41, 5.74) is 0.889. The molecule has 0 spiro atoms. The van der Waals surface area contributed by atoms with Crippen LogP contribution in [-0.2, 0) is 21.4 Å². The van der Waals surface area contributed by atoms with Gasteiger partial charge in [0.15, 0.2) is 28.2 Å². The molecular formula is C30H29F5N2O7S. The lowest BCUT2D eigenvalue weighted by molar-refractivity contribution is -0.123. The van der Waals surface area contributed by atoms with E-state index in [-0.39, 0.29) is 16.5 Å². The van der Waals surface area contributed by atoms with Gasteiger partial charge < -0.3 is 20.2 Å². The third-order valence-corrected chi connectivity index (χ3v) is 9.78. The highest BCUT2D eigenvalue weighted by Gasteiger charge is 2.41. The largest absolute Gasteiger partial charge is 0.507 e. The van der Waals surface area contributed by atoms with Crippen LogP contribution in [-0.4, -0.2) is 59.6 Å². The van der Waals surface area contributed by atoms with Crippen molar-refractivity contribution in [1.82, 2.24) is 4.31 Å². The van der Waals surface area contributed by atoms with Crippen molar-refractivity contribution in [2.75, 3.05) is 18.6 Å². The van der Waals surface area contributed by atoms with E-state index >= 15 is 0 Å². The van der Waals surface area contributed by atoms with Crippen molar-refractivity contribution in [2.45, 2.75) is 55.5 Å². The first-order valence-corrected chi connectivity index (χ1v) is 15.2. The maximum absolute atomic E-state index is 14.5. The molecule has 0 heterocycles. The molecule has 1 aliphatic carbocycles. The molecule has 1 aliphatic rings. The first-order chi connectivity index (χ1) is 21.2. The van der Waals surface area contributed by atoms with E-state index in [0.717, 1.165) is 60.8 Å². The zero-order valence-electron chi connectivity index (χ0n) is 23.8. The summed E-state index contributed by atoms with van der Waals surface area (Å²) in [6.07, 6.45) is 5.37. The molecule has 0 saturated heterocycles. The number of aliphatic hydroxyl groups excluding tert-OH is 1. The predicted octanol–water partition coefficient (Wildman–Crippen LogP) is 5.05. The van der Waals surface area contributed by atoms with Crippen LogP contribution in [0.25, 0.3) is 0 Å². The van der Waals surface area contributed by atoms with Gasteiger partial charge in [-0.2, -0.15) is 4.31 Å². The van der Waals surface area contributed by atoms with Crippen LogP contribution in [0.5, 0.6) is 5.75 Å². The van der Waals surface area contributed by atoms with Gasteiger partial charge in [-0.15, -0.1) is 0 Å². The van der Waals surface area contributed by atoms with Crippen LogP contribution in [0.4, 0.5) is 27.6 Å². The van der Waals surface area contributed by atoms with Gasteiger partial charge in [0.05, 0.1) is 13.2 Å². The van der Waals surface area contributed by atoms with E-state index in [1.807, 2.05) is 12.1 Å². The molecule has 1 fully saturated rings. The van der Waals surface area contributed by atoms with E-state index in [0.29, 0.717) is 18.5 Å². The number of phenols is 1. The van der Waals surface area contributed by atoms with Gasteiger partial charge in [0.1, 0.15) is 17.4 Å². The highest BCUT2D eigenvalue weighted by molar-refractivity contribution is 7.89. The zero-order valence-corrected chi connectivity index (χ0v) is 24.6. The Morgan fingerprint density at radius 1 is 0.889 bits per heavy atom. The lowest BCUT2D eigenvalue weighted by atomic mass is 9.84. The molecule has 15 heteroatoms. The summed E-state index contributed by atoms with van der Waals surface area (Å²) in [4.78, 5) is 23.9.